The van der Waals surface area contributed by atoms with E-state index in [9.17, 15) is 0 Å². The van der Waals surface area contributed by atoms with Crippen LogP contribution in [0.25, 0.3) is 5.69 Å². The highest BCUT2D eigenvalue weighted by molar-refractivity contribution is 5.42. The van der Waals surface area contributed by atoms with E-state index in [-0.39, 0.29) is 0 Å². The van der Waals surface area contributed by atoms with Gasteiger partial charge in [-0.1, -0.05) is 17.7 Å². The summed E-state index contributed by atoms with van der Waals surface area (Å²) in [5.41, 5.74) is 9.30. The number of aryl methyl sites for hydroxylation is 2. The Labute approximate surface area is 113 Å². The molecule has 1 aromatic carbocycles. The molecule has 1 fully saturated rings. The Kier molecular flexibility index (Phi) is 3.11. The van der Waals surface area contributed by atoms with Crippen LogP contribution < -0.4 is 5.73 Å². The van der Waals surface area contributed by atoms with Gasteiger partial charge in [0.25, 0.3) is 0 Å². The predicted octanol–water partition coefficient (Wildman–Crippen LogP) is 2.26. The molecule has 0 spiro atoms. The lowest BCUT2D eigenvalue weighted by molar-refractivity contribution is 0.765. The fourth-order valence-electron chi connectivity index (χ4n) is 2.40. The summed E-state index contributed by atoms with van der Waals surface area (Å²) in [5.74, 6) is 2.54. The maximum absolute atomic E-state index is 5.69. The molecule has 2 aromatic rings. The second-order valence-corrected chi connectivity index (χ2v) is 5.40. The minimum absolute atomic E-state index is 0.573. The van der Waals surface area contributed by atoms with Gasteiger partial charge in [0.05, 0.1) is 5.69 Å². The Morgan fingerprint density at radius 1 is 1.32 bits per heavy atom. The Morgan fingerprint density at radius 3 is 2.74 bits per heavy atom. The monoisotopic (exact) mass is 256 g/mol. The van der Waals surface area contributed by atoms with Crippen molar-refractivity contribution in [2.75, 3.05) is 6.54 Å². The van der Waals surface area contributed by atoms with Crippen molar-refractivity contribution in [2.45, 2.75) is 39.0 Å². The molecule has 4 heteroatoms. The first kappa shape index (κ1) is 12.4. The van der Waals surface area contributed by atoms with Crippen LogP contribution in [0.1, 0.15) is 41.5 Å². The highest BCUT2D eigenvalue weighted by Gasteiger charge is 2.29. The normalized spacial score (nSPS) is 14.9. The van der Waals surface area contributed by atoms with E-state index in [1.165, 1.54) is 24.0 Å². The van der Waals surface area contributed by atoms with Gasteiger partial charge in [-0.15, -0.1) is 0 Å². The summed E-state index contributed by atoms with van der Waals surface area (Å²) in [7, 11) is 0. The molecule has 2 N–H and O–H groups in total. The highest BCUT2D eigenvalue weighted by Crippen LogP contribution is 2.38. The molecule has 1 aliphatic carbocycles. The molecule has 100 valence electrons. The molecule has 0 bridgehead atoms. The fraction of sp³-hybridized carbons (Fsp3) is 0.467. The molecular formula is C15H20N4. The van der Waals surface area contributed by atoms with Gasteiger partial charge in [-0.2, -0.15) is 5.10 Å². The number of rotatable bonds is 4. The number of aromatic nitrogens is 3. The number of nitrogens with two attached hydrogens (primary N) is 1. The summed E-state index contributed by atoms with van der Waals surface area (Å²) in [6, 6.07) is 6.42. The molecule has 0 radical (unpaired) electrons. The zero-order valence-corrected chi connectivity index (χ0v) is 11.6. The minimum atomic E-state index is 0.573. The second kappa shape index (κ2) is 4.78. The molecule has 0 amide bonds. The van der Waals surface area contributed by atoms with Crippen molar-refractivity contribution >= 4 is 0 Å². The first-order chi connectivity index (χ1) is 9.19. The molecule has 4 nitrogen and oxygen atoms in total. The molecule has 3 rings (SSSR count). The van der Waals surface area contributed by atoms with E-state index in [1.807, 2.05) is 4.68 Å². The lowest BCUT2D eigenvalue weighted by Crippen LogP contribution is -2.10. The van der Waals surface area contributed by atoms with Crippen molar-refractivity contribution in [3.8, 4) is 5.69 Å². The third-order valence-electron chi connectivity index (χ3n) is 3.58. The average molecular weight is 256 g/mol. The molecule has 0 saturated heterocycles. The molecule has 0 unspecified atom stereocenters. The number of hydrogen-bond donors (Lipinski definition) is 1. The number of benzene rings is 1. The molecule has 0 atom stereocenters. The first-order valence-electron chi connectivity index (χ1n) is 6.92. The van der Waals surface area contributed by atoms with Crippen molar-refractivity contribution in [3.63, 3.8) is 0 Å². The van der Waals surface area contributed by atoms with Crippen LogP contribution in [0.5, 0.6) is 0 Å². The van der Waals surface area contributed by atoms with E-state index in [0.717, 1.165) is 23.8 Å². The smallest absolute Gasteiger partial charge is 0.154 e. The van der Waals surface area contributed by atoms with E-state index in [2.05, 4.69) is 37.0 Å². The van der Waals surface area contributed by atoms with E-state index < -0.39 is 0 Å². The van der Waals surface area contributed by atoms with Crippen LogP contribution in [0.15, 0.2) is 18.2 Å². The van der Waals surface area contributed by atoms with Crippen molar-refractivity contribution in [3.05, 3.63) is 41.0 Å². The molecule has 0 aliphatic heterocycles. The van der Waals surface area contributed by atoms with Crippen LogP contribution in [0, 0.1) is 13.8 Å². The molecule has 1 aliphatic rings. The van der Waals surface area contributed by atoms with Crippen molar-refractivity contribution in [1.82, 2.24) is 14.8 Å². The van der Waals surface area contributed by atoms with Crippen molar-refractivity contribution in [1.29, 1.82) is 0 Å². The van der Waals surface area contributed by atoms with E-state index in [1.54, 1.807) is 0 Å². The van der Waals surface area contributed by atoms with Gasteiger partial charge in [-0.05, 0) is 44.9 Å². The molecule has 1 aromatic heterocycles. The maximum Gasteiger partial charge on any atom is 0.154 e. The first-order valence-corrected chi connectivity index (χ1v) is 6.92. The van der Waals surface area contributed by atoms with Crippen LogP contribution in [0.2, 0.25) is 0 Å². The van der Waals surface area contributed by atoms with Gasteiger partial charge in [0.2, 0.25) is 0 Å². The lowest BCUT2D eigenvalue weighted by atomic mass is 10.1. The average Bonchev–Trinajstić information content (AvgIpc) is 3.13. The summed E-state index contributed by atoms with van der Waals surface area (Å²) in [5, 5.41) is 4.70. The molecule has 1 saturated carbocycles. The quantitative estimate of drug-likeness (QED) is 0.913. The minimum Gasteiger partial charge on any atom is -0.330 e. The third-order valence-corrected chi connectivity index (χ3v) is 3.58. The number of nitrogens with zero attached hydrogens (tertiary/aromatic N) is 3. The largest absolute Gasteiger partial charge is 0.330 e. The van der Waals surface area contributed by atoms with Crippen LogP contribution in [0.4, 0.5) is 0 Å². The Morgan fingerprint density at radius 2 is 2.11 bits per heavy atom. The second-order valence-electron chi connectivity index (χ2n) is 5.40. The SMILES string of the molecule is Cc1ccc(-n2nc(C3CC3)nc2CCN)c(C)c1. The third kappa shape index (κ3) is 2.40. The van der Waals surface area contributed by atoms with Gasteiger partial charge < -0.3 is 5.73 Å². The zero-order valence-electron chi connectivity index (χ0n) is 11.6. The summed E-state index contributed by atoms with van der Waals surface area (Å²) in [6.07, 6.45) is 3.21. The topological polar surface area (TPSA) is 56.7 Å². The molecular weight excluding hydrogens is 236 g/mol. The van der Waals surface area contributed by atoms with Crippen LogP contribution in [-0.4, -0.2) is 21.3 Å². The van der Waals surface area contributed by atoms with Gasteiger partial charge in [0, 0.05) is 12.3 Å². The van der Waals surface area contributed by atoms with Crippen LogP contribution in [0.3, 0.4) is 0 Å². The van der Waals surface area contributed by atoms with E-state index >= 15 is 0 Å². The Bertz CT molecular complexity index is 596. The standard InChI is InChI=1S/C15H20N4/c1-10-3-6-13(11(2)9-10)19-14(7-8-16)17-15(18-19)12-4-5-12/h3,6,9,12H,4-5,7-8,16H2,1-2H3. The maximum atomic E-state index is 5.69. The van der Waals surface area contributed by atoms with Gasteiger partial charge in [0.15, 0.2) is 5.82 Å². The Balaban J connectivity index is 2.06. The van der Waals surface area contributed by atoms with Crippen molar-refractivity contribution in [2.24, 2.45) is 5.73 Å². The fourth-order valence-corrected chi connectivity index (χ4v) is 2.40. The predicted molar refractivity (Wildman–Crippen MR) is 75.6 cm³/mol. The van der Waals surface area contributed by atoms with E-state index in [4.69, 9.17) is 10.8 Å². The highest BCUT2D eigenvalue weighted by atomic mass is 15.4. The summed E-state index contributed by atoms with van der Waals surface area (Å²) < 4.78 is 1.98. The van der Waals surface area contributed by atoms with Gasteiger partial charge in [-0.3, -0.25) is 0 Å². The molecule has 1 heterocycles. The van der Waals surface area contributed by atoms with Crippen molar-refractivity contribution < 1.29 is 0 Å². The lowest BCUT2D eigenvalue weighted by Gasteiger charge is -2.09. The summed E-state index contributed by atoms with van der Waals surface area (Å²) >= 11 is 0. The van der Waals surface area contributed by atoms with Crippen LogP contribution >= 0.6 is 0 Å². The summed E-state index contributed by atoms with van der Waals surface area (Å²) in [6.45, 7) is 4.83. The Hall–Kier alpha value is -1.68. The van der Waals surface area contributed by atoms with Crippen LogP contribution in [-0.2, 0) is 6.42 Å². The van der Waals surface area contributed by atoms with Gasteiger partial charge in [-0.25, -0.2) is 9.67 Å². The van der Waals surface area contributed by atoms with Gasteiger partial charge >= 0.3 is 0 Å². The molecule has 19 heavy (non-hydrogen) atoms. The number of hydrogen-bond acceptors (Lipinski definition) is 3. The van der Waals surface area contributed by atoms with E-state index in [0.29, 0.717) is 12.5 Å². The summed E-state index contributed by atoms with van der Waals surface area (Å²) in [4.78, 5) is 4.67. The zero-order chi connectivity index (χ0) is 13.4. The van der Waals surface area contributed by atoms with Gasteiger partial charge in [0.1, 0.15) is 5.82 Å².